The lowest BCUT2D eigenvalue weighted by molar-refractivity contribution is -0.118. The third-order valence-electron chi connectivity index (χ3n) is 4.07. The number of amides is 1. The van der Waals surface area contributed by atoms with Gasteiger partial charge in [0.2, 0.25) is 0 Å². The summed E-state index contributed by atoms with van der Waals surface area (Å²) in [4.78, 5) is 12.2. The van der Waals surface area contributed by atoms with Crippen LogP contribution in [0.3, 0.4) is 0 Å². The number of carbonyl (C=O) groups is 1. The number of hydrogen-bond acceptors (Lipinski definition) is 6. The highest BCUT2D eigenvalue weighted by Crippen LogP contribution is 2.22. The molecule has 8 nitrogen and oxygen atoms in total. The minimum atomic E-state index is -3.81. The van der Waals surface area contributed by atoms with Gasteiger partial charge in [0, 0.05) is 11.8 Å². The summed E-state index contributed by atoms with van der Waals surface area (Å²) in [6.45, 7) is 5.33. The topological polar surface area (TPSA) is 111 Å². The predicted octanol–water partition coefficient (Wildman–Crippen LogP) is 3.42. The third-order valence-corrected chi connectivity index (χ3v) is 5.44. The molecule has 2 N–H and O–H groups in total. The van der Waals surface area contributed by atoms with E-state index in [1.807, 2.05) is 32.0 Å². The van der Waals surface area contributed by atoms with Crippen LogP contribution in [0.2, 0.25) is 0 Å². The van der Waals surface area contributed by atoms with E-state index in [2.05, 4.69) is 15.2 Å². The Balaban J connectivity index is 1.60. The lowest BCUT2D eigenvalue weighted by atomic mass is 10.1. The van der Waals surface area contributed by atoms with E-state index >= 15 is 0 Å². The molecule has 3 aromatic rings. The van der Waals surface area contributed by atoms with E-state index in [4.69, 9.17) is 9.26 Å². The van der Waals surface area contributed by atoms with Crippen LogP contribution in [0.1, 0.15) is 16.9 Å². The SMILES string of the molecule is Cc1cc(NS(=O)(=O)c2ccc(NC(=O)COc3c(C)cccc3C)cc2)no1. The fourth-order valence-electron chi connectivity index (χ4n) is 2.69. The number of benzene rings is 2. The van der Waals surface area contributed by atoms with E-state index < -0.39 is 10.0 Å². The van der Waals surface area contributed by atoms with E-state index in [0.717, 1.165) is 11.1 Å². The molecule has 0 spiro atoms. The summed E-state index contributed by atoms with van der Waals surface area (Å²) < 4.78 is 37.5. The zero-order valence-corrected chi connectivity index (χ0v) is 17.0. The highest BCUT2D eigenvalue weighted by atomic mass is 32.2. The minimum Gasteiger partial charge on any atom is -0.483 e. The molecule has 3 rings (SSSR count). The van der Waals surface area contributed by atoms with Crippen molar-refractivity contribution >= 4 is 27.4 Å². The number of carbonyl (C=O) groups excluding carboxylic acids is 1. The van der Waals surface area contributed by atoms with Crippen molar-refractivity contribution in [2.24, 2.45) is 0 Å². The molecule has 29 heavy (non-hydrogen) atoms. The van der Waals surface area contributed by atoms with Crippen molar-refractivity contribution in [3.8, 4) is 5.75 Å². The maximum absolute atomic E-state index is 12.4. The smallest absolute Gasteiger partial charge is 0.263 e. The van der Waals surface area contributed by atoms with Crippen LogP contribution in [0.15, 0.2) is 57.9 Å². The number of aryl methyl sites for hydroxylation is 3. The van der Waals surface area contributed by atoms with Gasteiger partial charge in [0.15, 0.2) is 12.4 Å². The van der Waals surface area contributed by atoms with Gasteiger partial charge in [0.1, 0.15) is 11.5 Å². The average molecular weight is 415 g/mol. The number of rotatable bonds is 7. The normalized spacial score (nSPS) is 11.1. The monoisotopic (exact) mass is 415 g/mol. The molecule has 1 heterocycles. The van der Waals surface area contributed by atoms with Crippen LogP contribution in [0.4, 0.5) is 11.5 Å². The Kier molecular flexibility index (Phi) is 5.88. The summed E-state index contributed by atoms with van der Waals surface area (Å²) in [6, 6.07) is 13.0. The van der Waals surface area contributed by atoms with Gasteiger partial charge in [0.05, 0.1) is 4.90 Å². The zero-order chi connectivity index (χ0) is 21.0. The first-order valence-electron chi connectivity index (χ1n) is 8.80. The summed E-state index contributed by atoms with van der Waals surface area (Å²) in [5.74, 6) is 0.921. The first-order valence-corrected chi connectivity index (χ1v) is 10.3. The lowest BCUT2D eigenvalue weighted by Crippen LogP contribution is -2.20. The van der Waals surface area contributed by atoms with E-state index in [1.165, 1.54) is 30.3 Å². The quantitative estimate of drug-likeness (QED) is 0.612. The second kappa shape index (κ2) is 8.36. The fourth-order valence-corrected chi connectivity index (χ4v) is 3.67. The summed E-state index contributed by atoms with van der Waals surface area (Å²) in [6.07, 6.45) is 0. The highest BCUT2D eigenvalue weighted by molar-refractivity contribution is 7.92. The molecule has 0 aliphatic carbocycles. The summed E-state index contributed by atoms with van der Waals surface area (Å²) in [7, 11) is -3.81. The van der Waals surface area contributed by atoms with Gasteiger partial charge in [-0.25, -0.2) is 8.42 Å². The van der Waals surface area contributed by atoms with E-state index in [-0.39, 0.29) is 23.2 Å². The van der Waals surface area contributed by atoms with Crippen LogP contribution in [-0.4, -0.2) is 26.1 Å². The van der Waals surface area contributed by atoms with Crippen LogP contribution < -0.4 is 14.8 Å². The van der Waals surface area contributed by atoms with Gasteiger partial charge >= 0.3 is 0 Å². The van der Waals surface area contributed by atoms with E-state index in [9.17, 15) is 13.2 Å². The van der Waals surface area contributed by atoms with Gasteiger partial charge in [-0.15, -0.1) is 0 Å². The largest absolute Gasteiger partial charge is 0.483 e. The van der Waals surface area contributed by atoms with Crippen LogP contribution in [0.5, 0.6) is 5.75 Å². The molecule has 0 fully saturated rings. The highest BCUT2D eigenvalue weighted by Gasteiger charge is 2.16. The maximum atomic E-state index is 12.4. The Labute approximate surface area is 168 Å². The molecule has 0 saturated heterocycles. The molecule has 0 aliphatic rings. The van der Waals surface area contributed by atoms with Crippen molar-refractivity contribution in [1.29, 1.82) is 0 Å². The van der Waals surface area contributed by atoms with Crippen molar-refractivity contribution in [1.82, 2.24) is 5.16 Å². The van der Waals surface area contributed by atoms with Gasteiger partial charge in [-0.05, 0) is 56.2 Å². The van der Waals surface area contributed by atoms with Crippen LogP contribution in [-0.2, 0) is 14.8 Å². The van der Waals surface area contributed by atoms with Crippen molar-refractivity contribution < 1.29 is 22.5 Å². The van der Waals surface area contributed by atoms with Gasteiger partial charge < -0.3 is 14.6 Å². The number of sulfonamides is 1. The molecular formula is C20H21N3O5S. The summed E-state index contributed by atoms with van der Waals surface area (Å²) in [5.41, 5.74) is 2.35. The fraction of sp³-hybridized carbons (Fsp3) is 0.200. The van der Waals surface area contributed by atoms with Crippen molar-refractivity contribution in [2.75, 3.05) is 16.6 Å². The van der Waals surface area contributed by atoms with Crippen molar-refractivity contribution in [3.63, 3.8) is 0 Å². The average Bonchev–Trinajstić information content (AvgIpc) is 3.05. The molecule has 0 saturated carbocycles. The number of aromatic nitrogens is 1. The predicted molar refractivity (Wildman–Crippen MR) is 109 cm³/mol. The van der Waals surface area contributed by atoms with Gasteiger partial charge in [-0.1, -0.05) is 23.4 Å². The molecule has 0 atom stereocenters. The van der Waals surface area contributed by atoms with E-state index in [0.29, 0.717) is 17.2 Å². The molecule has 9 heteroatoms. The Morgan fingerprint density at radius 1 is 1.07 bits per heavy atom. The van der Waals surface area contributed by atoms with Gasteiger partial charge in [0.25, 0.3) is 15.9 Å². The zero-order valence-electron chi connectivity index (χ0n) is 16.2. The number of para-hydroxylation sites is 1. The molecule has 0 bridgehead atoms. The molecule has 0 radical (unpaired) electrons. The third kappa shape index (κ3) is 5.14. The second-order valence-corrected chi connectivity index (χ2v) is 8.19. The molecule has 2 aromatic carbocycles. The number of hydrogen-bond donors (Lipinski definition) is 2. The van der Waals surface area contributed by atoms with Gasteiger partial charge in [-0.3, -0.25) is 9.52 Å². The first-order chi connectivity index (χ1) is 13.7. The number of ether oxygens (including phenoxy) is 1. The van der Waals surface area contributed by atoms with Crippen LogP contribution in [0, 0.1) is 20.8 Å². The Morgan fingerprint density at radius 3 is 2.31 bits per heavy atom. The Morgan fingerprint density at radius 2 is 1.72 bits per heavy atom. The molecule has 0 unspecified atom stereocenters. The number of anilines is 2. The van der Waals surface area contributed by atoms with Crippen LogP contribution >= 0.6 is 0 Å². The summed E-state index contributed by atoms with van der Waals surface area (Å²) in [5, 5.41) is 6.28. The van der Waals surface area contributed by atoms with E-state index in [1.54, 1.807) is 6.92 Å². The molecule has 1 aromatic heterocycles. The minimum absolute atomic E-state index is 0.0305. The van der Waals surface area contributed by atoms with Crippen molar-refractivity contribution in [2.45, 2.75) is 25.7 Å². The van der Waals surface area contributed by atoms with Crippen LogP contribution in [0.25, 0.3) is 0 Å². The van der Waals surface area contributed by atoms with Gasteiger partial charge in [-0.2, -0.15) is 0 Å². The first kappa shape index (κ1) is 20.4. The number of nitrogens with one attached hydrogen (secondary N) is 2. The number of nitrogens with zero attached hydrogens (tertiary/aromatic N) is 1. The second-order valence-electron chi connectivity index (χ2n) is 6.51. The molecule has 1 amide bonds. The lowest BCUT2D eigenvalue weighted by Gasteiger charge is -2.12. The molecule has 152 valence electrons. The molecular weight excluding hydrogens is 394 g/mol. The Bertz CT molecular complexity index is 1100. The Hall–Kier alpha value is -3.33. The van der Waals surface area contributed by atoms with Crippen molar-refractivity contribution in [3.05, 3.63) is 65.4 Å². The molecule has 0 aliphatic heterocycles. The summed E-state index contributed by atoms with van der Waals surface area (Å²) >= 11 is 0. The maximum Gasteiger partial charge on any atom is 0.263 e. The standard InChI is InChI=1S/C20H21N3O5S/c1-13-5-4-6-14(2)20(13)27-12-19(24)21-16-7-9-17(10-8-16)29(25,26)23-18-11-15(3)28-22-18/h4-11H,12H2,1-3H3,(H,21,24)(H,22,23).